The first kappa shape index (κ1) is 16.6. The van der Waals surface area contributed by atoms with Crippen LogP contribution in [0.2, 0.25) is 0 Å². The van der Waals surface area contributed by atoms with Gasteiger partial charge in [0.15, 0.2) is 5.69 Å². The first-order valence-corrected chi connectivity index (χ1v) is 5.71. The third-order valence-corrected chi connectivity index (χ3v) is 2.01. The molecule has 0 radical (unpaired) electrons. The predicted octanol–water partition coefficient (Wildman–Crippen LogP) is 0.257. The number of urea groups is 1. The number of hydrogen-bond acceptors (Lipinski definition) is 5. The Bertz CT molecular complexity index is 552. The van der Waals surface area contributed by atoms with E-state index in [-0.39, 0.29) is 6.04 Å². The Hall–Kier alpha value is -2.46. The van der Waals surface area contributed by atoms with Crippen molar-refractivity contribution in [2.24, 2.45) is 0 Å². The van der Waals surface area contributed by atoms with Crippen LogP contribution in [-0.2, 0) is 11.3 Å². The minimum atomic E-state index is -5.07. The highest BCUT2D eigenvalue weighted by Gasteiger charge is 2.41. The number of aromatic nitrogens is 3. The summed E-state index contributed by atoms with van der Waals surface area (Å²) in [6, 6.07) is -0.943. The number of hydrogen-bond donors (Lipinski definition) is 2. The Labute approximate surface area is 116 Å². The highest BCUT2D eigenvalue weighted by molar-refractivity contribution is 5.98. The lowest BCUT2D eigenvalue weighted by Crippen LogP contribution is -2.43. The minimum Gasteiger partial charge on any atom is -0.336 e. The molecular formula is C10H12F3N5O3. The molecule has 0 aromatic carbocycles. The van der Waals surface area contributed by atoms with Crippen LogP contribution in [0.15, 0.2) is 6.20 Å². The molecule has 0 saturated heterocycles. The van der Waals surface area contributed by atoms with Crippen molar-refractivity contribution < 1.29 is 27.6 Å². The molecule has 0 spiro atoms. The van der Waals surface area contributed by atoms with Gasteiger partial charge in [0.25, 0.3) is 5.78 Å². The second kappa shape index (κ2) is 6.33. The Morgan fingerprint density at radius 1 is 1.33 bits per heavy atom. The van der Waals surface area contributed by atoms with Crippen molar-refractivity contribution >= 4 is 17.7 Å². The molecule has 1 aromatic rings. The number of amides is 3. The smallest absolute Gasteiger partial charge is 0.336 e. The van der Waals surface area contributed by atoms with Crippen LogP contribution < -0.4 is 10.6 Å². The van der Waals surface area contributed by atoms with Gasteiger partial charge in [-0.05, 0) is 13.8 Å². The minimum absolute atomic E-state index is 0.194. The molecule has 0 bridgehead atoms. The fraction of sp³-hybridized carbons (Fsp3) is 0.500. The Balaban J connectivity index is 2.61. The molecule has 116 valence electrons. The van der Waals surface area contributed by atoms with Crippen LogP contribution in [0.5, 0.6) is 0 Å². The highest BCUT2D eigenvalue weighted by atomic mass is 19.4. The molecule has 21 heavy (non-hydrogen) atoms. The summed E-state index contributed by atoms with van der Waals surface area (Å²) in [4.78, 5) is 33.5. The molecular weight excluding hydrogens is 295 g/mol. The molecule has 11 heteroatoms. The van der Waals surface area contributed by atoms with Gasteiger partial charge in [-0.15, -0.1) is 5.10 Å². The summed E-state index contributed by atoms with van der Waals surface area (Å²) < 4.78 is 37.1. The summed E-state index contributed by atoms with van der Waals surface area (Å²) in [7, 11) is 0. The van der Waals surface area contributed by atoms with E-state index >= 15 is 0 Å². The van der Waals surface area contributed by atoms with Crippen molar-refractivity contribution in [3.8, 4) is 0 Å². The first-order chi connectivity index (χ1) is 9.59. The fourth-order valence-electron chi connectivity index (χ4n) is 1.24. The number of halogens is 3. The topological polar surface area (TPSA) is 106 Å². The van der Waals surface area contributed by atoms with Crippen LogP contribution in [0.1, 0.15) is 24.3 Å². The maximum atomic E-state index is 12.1. The summed E-state index contributed by atoms with van der Waals surface area (Å²) in [6.45, 7) is 2.80. The maximum Gasteiger partial charge on any atom is 0.456 e. The van der Waals surface area contributed by atoms with E-state index < -0.39 is 36.1 Å². The zero-order valence-electron chi connectivity index (χ0n) is 11.1. The molecule has 0 saturated carbocycles. The number of alkyl halides is 3. The van der Waals surface area contributed by atoms with E-state index in [0.29, 0.717) is 6.20 Å². The second-order valence-electron chi connectivity index (χ2n) is 4.30. The number of imide groups is 1. The van der Waals surface area contributed by atoms with Crippen LogP contribution in [-0.4, -0.2) is 44.9 Å². The first-order valence-electron chi connectivity index (χ1n) is 5.71. The number of rotatable bonds is 4. The largest absolute Gasteiger partial charge is 0.456 e. The summed E-state index contributed by atoms with van der Waals surface area (Å²) >= 11 is 0. The molecule has 0 unspecified atom stereocenters. The van der Waals surface area contributed by atoms with Crippen LogP contribution in [0.4, 0.5) is 18.0 Å². The zero-order valence-corrected chi connectivity index (χ0v) is 11.1. The van der Waals surface area contributed by atoms with Gasteiger partial charge in [0.1, 0.15) is 6.54 Å². The van der Waals surface area contributed by atoms with E-state index in [0.717, 1.165) is 4.68 Å². The Kier molecular flexibility index (Phi) is 5.00. The van der Waals surface area contributed by atoms with Gasteiger partial charge in [-0.1, -0.05) is 5.21 Å². The van der Waals surface area contributed by atoms with Gasteiger partial charge in [0.05, 0.1) is 6.20 Å². The predicted molar refractivity (Wildman–Crippen MR) is 62.2 cm³/mol. The summed E-state index contributed by atoms with van der Waals surface area (Å²) in [5.41, 5.74) is -0.929. The van der Waals surface area contributed by atoms with E-state index in [4.69, 9.17) is 0 Å². The maximum absolute atomic E-state index is 12.1. The highest BCUT2D eigenvalue weighted by Crippen LogP contribution is 2.19. The number of ketones is 1. The van der Waals surface area contributed by atoms with E-state index in [1.807, 2.05) is 5.32 Å². The van der Waals surface area contributed by atoms with Crippen LogP contribution in [0.3, 0.4) is 0 Å². The third kappa shape index (κ3) is 5.20. The van der Waals surface area contributed by atoms with Crippen molar-refractivity contribution in [2.75, 3.05) is 0 Å². The monoisotopic (exact) mass is 307 g/mol. The number of Topliss-reactive ketones (excluding diaryl/α,β-unsaturated/α-hetero) is 1. The van der Waals surface area contributed by atoms with Crippen molar-refractivity contribution in [2.45, 2.75) is 32.6 Å². The van der Waals surface area contributed by atoms with E-state index in [2.05, 4.69) is 15.6 Å². The van der Waals surface area contributed by atoms with Gasteiger partial charge in [0, 0.05) is 6.04 Å². The number of nitrogens with zero attached hydrogens (tertiary/aromatic N) is 3. The van der Waals surface area contributed by atoms with Crippen molar-refractivity contribution in [1.82, 2.24) is 25.6 Å². The molecule has 3 amide bonds. The van der Waals surface area contributed by atoms with Gasteiger partial charge < -0.3 is 5.32 Å². The quantitative estimate of drug-likeness (QED) is 0.776. The molecule has 1 rings (SSSR count). The summed E-state index contributed by atoms with van der Waals surface area (Å²) in [5, 5.41) is 10.6. The number of nitrogens with one attached hydrogen (secondary N) is 2. The van der Waals surface area contributed by atoms with E-state index in [1.165, 1.54) is 0 Å². The molecule has 0 aliphatic carbocycles. The molecule has 2 N–H and O–H groups in total. The van der Waals surface area contributed by atoms with Gasteiger partial charge >= 0.3 is 12.2 Å². The van der Waals surface area contributed by atoms with E-state index in [9.17, 15) is 27.6 Å². The SMILES string of the molecule is CC(C)NC(=O)NC(=O)Cn1cc(C(=O)C(F)(F)F)nn1. The average molecular weight is 307 g/mol. The Morgan fingerprint density at radius 2 is 1.95 bits per heavy atom. The van der Waals surface area contributed by atoms with Gasteiger partial charge in [-0.2, -0.15) is 13.2 Å². The molecule has 1 heterocycles. The van der Waals surface area contributed by atoms with Crippen molar-refractivity contribution in [3.63, 3.8) is 0 Å². The van der Waals surface area contributed by atoms with Crippen LogP contribution in [0.25, 0.3) is 0 Å². The Morgan fingerprint density at radius 3 is 2.48 bits per heavy atom. The number of carbonyl (C=O) groups is 3. The molecule has 0 fully saturated rings. The fourth-order valence-corrected chi connectivity index (χ4v) is 1.24. The average Bonchev–Trinajstić information content (AvgIpc) is 2.73. The lowest BCUT2D eigenvalue weighted by atomic mass is 10.3. The zero-order chi connectivity index (χ0) is 16.2. The summed E-state index contributed by atoms with van der Waals surface area (Å²) in [6.07, 6.45) is -4.39. The molecule has 1 aromatic heterocycles. The van der Waals surface area contributed by atoms with Crippen LogP contribution >= 0.6 is 0 Å². The molecule has 8 nitrogen and oxygen atoms in total. The van der Waals surface area contributed by atoms with Gasteiger partial charge in [0.2, 0.25) is 5.91 Å². The lowest BCUT2D eigenvalue weighted by molar-refractivity contribution is -0.120. The van der Waals surface area contributed by atoms with Crippen molar-refractivity contribution in [3.05, 3.63) is 11.9 Å². The van der Waals surface area contributed by atoms with Gasteiger partial charge in [-0.25, -0.2) is 9.48 Å². The molecule has 0 atom stereocenters. The van der Waals surface area contributed by atoms with E-state index in [1.54, 1.807) is 13.8 Å². The standard InChI is InChI=1S/C10H12F3N5O3/c1-5(2)14-9(21)15-7(19)4-18-3-6(16-17-18)8(20)10(11,12)13/h3,5H,4H2,1-2H3,(H2,14,15,19,21). The molecule has 0 aliphatic heterocycles. The lowest BCUT2D eigenvalue weighted by Gasteiger charge is -2.08. The van der Waals surface area contributed by atoms with Crippen molar-refractivity contribution in [1.29, 1.82) is 0 Å². The van der Waals surface area contributed by atoms with Crippen LogP contribution in [0, 0.1) is 0 Å². The summed E-state index contributed by atoms with van der Waals surface area (Å²) in [5.74, 6) is -2.98. The molecule has 0 aliphatic rings. The normalized spacial score (nSPS) is 11.3. The second-order valence-corrected chi connectivity index (χ2v) is 4.30. The van der Waals surface area contributed by atoms with Gasteiger partial charge in [-0.3, -0.25) is 14.9 Å². The number of carbonyl (C=O) groups excluding carboxylic acids is 3. The third-order valence-electron chi connectivity index (χ3n) is 2.01.